The van der Waals surface area contributed by atoms with Crippen molar-refractivity contribution < 1.29 is 9.47 Å². The Bertz CT molecular complexity index is 451. The van der Waals surface area contributed by atoms with Gasteiger partial charge in [0.2, 0.25) is 5.88 Å². The molecule has 0 aromatic carbocycles. The van der Waals surface area contributed by atoms with Gasteiger partial charge in [-0.25, -0.2) is 9.98 Å². The molecule has 0 bridgehead atoms. The SMILES string of the molecule is CCNC(=NCc1ccnc(OC2CCOC2)c1)NCC. The van der Waals surface area contributed by atoms with Gasteiger partial charge in [0.15, 0.2) is 5.96 Å². The summed E-state index contributed by atoms with van der Waals surface area (Å²) in [6.45, 7) is 7.80. The Labute approximate surface area is 126 Å². The van der Waals surface area contributed by atoms with Gasteiger partial charge in [0.25, 0.3) is 0 Å². The second-order valence-electron chi connectivity index (χ2n) is 4.83. The molecule has 2 heterocycles. The zero-order valence-corrected chi connectivity index (χ0v) is 12.8. The number of guanidine groups is 1. The van der Waals surface area contributed by atoms with Crippen molar-refractivity contribution in [3.63, 3.8) is 0 Å². The van der Waals surface area contributed by atoms with Gasteiger partial charge in [0.1, 0.15) is 6.10 Å². The van der Waals surface area contributed by atoms with Crippen LogP contribution < -0.4 is 15.4 Å². The average Bonchev–Trinajstić information content (AvgIpc) is 2.99. The molecular weight excluding hydrogens is 268 g/mol. The molecule has 21 heavy (non-hydrogen) atoms. The topological polar surface area (TPSA) is 67.8 Å². The van der Waals surface area contributed by atoms with E-state index in [4.69, 9.17) is 9.47 Å². The molecule has 1 aromatic heterocycles. The van der Waals surface area contributed by atoms with Crippen molar-refractivity contribution in [2.45, 2.75) is 32.9 Å². The highest BCUT2D eigenvalue weighted by Crippen LogP contribution is 2.16. The van der Waals surface area contributed by atoms with Crippen LogP contribution in [0.5, 0.6) is 5.88 Å². The minimum absolute atomic E-state index is 0.121. The first-order valence-electron chi connectivity index (χ1n) is 7.53. The molecule has 0 amide bonds. The summed E-state index contributed by atoms with van der Waals surface area (Å²) in [5.74, 6) is 1.47. The minimum Gasteiger partial charge on any atom is -0.472 e. The lowest BCUT2D eigenvalue weighted by Gasteiger charge is -2.12. The molecule has 0 spiro atoms. The molecule has 2 N–H and O–H groups in total. The Morgan fingerprint density at radius 3 is 2.90 bits per heavy atom. The molecule has 1 unspecified atom stereocenters. The van der Waals surface area contributed by atoms with Gasteiger partial charge in [0, 0.05) is 31.8 Å². The molecule has 1 saturated heterocycles. The van der Waals surface area contributed by atoms with Crippen molar-refractivity contribution in [2.24, 2.45) is 4.99 Å². The Morgan fingerprint density at radius 2 is 2.24 bits per heavy atom. The number of hydrogen-bond acceptors (Lipinski definition) is 4. The van der Waals surface area contributed by atoms with E-state index in [2.05, 4.69) is 34.5 Å². The van der Waals surface area contributed by atoms with E-state index in [1.165, 1.54) is 0 Å². The van der Waals surface area contributed by atoms with E-state index in [1.54, 1.807) is 6.20 Å². The van der Waals surface area contributed by atoms with Crippen LogP contribution in [0.25, 0.3) is 0 Å². The van der Waals surface area contributed by atoms with Gasteiger partial charge in [-0.05, 0) is 25.5 Å². The molecule has 1 aliphatic rings. The van der Waals surface area contributed by atoms with E-state index < -0.39 is 0 Å². The number of nitrogens with one attached hydrogen (secondary N) is 2. The number of aliphatic imine (C=N–C) groups is 1. The van der Waals surface area contributed by atoms with E-state index in [-0.39, 0.29) is 6.10 Å². The Kier molecular flexibility index (Phi) is 6.27. The maximum absolute atomic E-state index is 5.80. The van der Waals surface area contributed by atoms with Gasteiger partial charge in [-0.15, -0.1) is 0 Å². The largest absolute Gasteiger partial charge is 0.472 e. The summed E-state index contributed by atoms with van der Waals surface area (Å²) < 4.78 is 11.1. The molecule has 0 saturated carbocycles. The van der Waals surface area contributed by atoms with Gasteiger partial charge in [-0.3, -0.25) is 0 Å². The van der Waals surface area contributed by atoms with E-state index in [0.717, 1.165) is 37.6 Å². The summed E-state index contributed by atoms with van der Waals surface area (Å²) in [4.78, 5) is 8.78. The number of nitrogens with zero attached hydrogens (tertiary/aromatic N) is 2. The molecule has 1 fully saturated rings. The summed E-state index contributed by atoms with van der Waals surface area (Å²) in [5.41, 5.74) is 1.08. The fourth-order valence-corrected chi connectivity index (χ4v) is 2.07. The van der Waals surface area contributed by atoms with Crippen molar-refractivity contribution in [1.29, 1.82) is 0 Å². The molecule has 6 nitrogen and oxygen atoms in total. The number of rotatable bonds is 6. The third-order valence-corrected chi connectivity index (χ3v) is 3.08. The van der Waals surface area contributed by atoms with E-state index in [1.807, 2.05) is 12.1 Å². The van der Waals surface area contributed by atoms with E-state index in [0.29, 0.717) is 19.0 Å². The molecule has 0 radical (unpaired) electrons. The van der Waals surface area contributed by atoms with Crippen molar-refractivity contribution >= 4 is 5.96 Å². The maximum Gasteiger partial charge on any atom is 0.213 e. The number of hydrogen-bond donors (Lipinski definition) is 2. The van der Waals surface area contributed by atoms with Gasteiger partial charge < -0.3 is 20.1 Å². The Balaban J connectivity index is 1.94. The fraction of sp³-hybridized carbons (Fsp3) is 0.600. The lowest BCUT2D eigenvalue weighted by atomic mass is 10.2. The standard InChI is InChI=1S/C15H24N4O2/c1-3-16-15(17-4-2)19-10-12-5-7-18-14(9-12)21-13-6-8-20-11-13/h5,7,9,13H,3-4,6,8,10-11H2,1-2H3,(H2,16,17,19). The summed E-state index contributed by atoms with van der Waals surface area (Å²) in [6.07, 6.45) is 2.81. The smallest absolute Gasteiger partial charge is 0.213 e. The predicted octanol–water partition coefficient (Wildman–Crippen LogP) is 1.32. The Morgan fingerprint density at radius 1 is 1.43 bits per heavy atom. The predicted molar refractivity (Wildman–Crippen MR) is 82.6 cm³/mol. The van der Waals surface area contributed by atoms with Crippen LogP contribution in [0.1, 0.15) is 25.8 Å². The fourth-order valence-electron chi connectivity index (χ4n) is 2.07. The monoisotopic (exact) mass is 292 g/mol. The highest BCUT2D eigenvalue weighted by atomic mass is 16.5. The second-order valence-corrected chi connectivity index (χ2v) is 4.83. The molecule has 0 aliphatic carbocycles. The number of pyridine rings is 1. The van der Waals surface area contributed by atoms with Crippen LogP contribution in [0.15, 0.2) is 23.3 Å². The van der Waals surface area contributed by atoms with Crippen LogP contribution in [0.3, 0.4) is 0 Å². The molecule has 116 valence electrons. The normalized spacial score (nSPS) is 17.3. The van der Waals surface area contributed by atoms with Crippen molar-refractivity contribution in [3.05, 3.63) is 23.9 Å². The molecular formula is C15H24N4O2. The molecule has 1 aliphatic heterocycles. The van der Waals surface area contributed by atoms with Gasteiger partial charge >= 0.3 is 0 Å². The first kappa shape index (κ1) is 15.6. The van der Waals surface area contributed by atoms with Crippen LogP contribution in [0.2, 0.25) is 0 Å². The zero-order chi connectivity index (χ0) is 14.9. The van der Waals surface area contributed by atoms with Crippen LogP contribution in [-0.4, -0.2) is 43.4 Å². The van der Waals surface area contributed by atoms with Crippen LogP contribution in [-0.2, 0) is 11.3 Å². The zero-order valence-electron chi connectivity index (χ0n) is 12.8. The lowest BCUT2D eigenvalue weighted by Crippen LogP contribution is -2.36. The summed E-state index contributed by atoms with van der Waals surface area (Å²) in [7, 11) is 0. The quantitative estimate of drug-likeness (QED) is 0.611. The third kappa shape index (κ3) is 5.23. The molecule has 1 aromatic rings. The highest BCUT2D eigenvalue weighted by Gasteiger charge is 2.17. The third-order valence-electron chi connectivity index (χ3n) is 3.08. The number of aromatic nitrogens is 1. The Hall–Kier alpha value is -1.82. The van der Waals surface area contributed by atoms with Crippen molar-refractivity contribution in [3.8, 4) is 5.88 Å². The van der Waals surface area contributed by atoms with Crippen molar-refractivity contribution in [1.82, 2.24) is 15.6 Å². The second kappa shape index (κ2) is 8.46. The maximum atomic E-state index is 5.80. The highest BCUT2D eigenvalue weighted by molar-refractivity contribution is 5.79. The van der Waals surface area contributed by atoms with Gasteiger partial charge in [-0.1, -0.05) is 0 Å². The lowest BCUT2D eigenvalue weighted by molar-refractivity contribution is 0.138. The van der Waals surface area contributed by atoms with Crippen molar-refractivity contribution in [2.75, 3.05) is 26.3 Å². The molecule has 1 atom stereocenters. The van der Waals surface area contributed by atoms with Crippen LogP contribution >= 0.6 is 0 Å². The summed E-state index contributed by atoms with van der Waals surface area (Å²) in [6, 6.07) is 3.90. The van der Waals surface area contributed by atoms with Gasteiger partial charge in [-0.2, -0.15) is 0 Å². The number of ether oxygens (including phenoxy) is 2. The first-order chi connectivity index (χ1) is 10.3. The first-order valence-corrected chi connectivity index (χ1v) is 7.53. The minimum atomic E-state index is 0.121. The van der Waals surface area contributed by atoms with Gasteiger partial charge in [0.05, 0.1) is 19.8 Å². The average molecular weight is 292 g/mol. The van der Waals surface area contributed by atoms with E-state index >= 15 is 0 Å². The van der Waals surface area contributed by atoms with Crippen LogP contribution in [0, 0.1) is 0 Å². The molecule has 6 heteroatoms. The van der Waals surface area contributed by atoms with E-state index in [9.17, 15) is 0 Å². The summed E-state index contributed by atoms with van der Waals surface area (Å²) in [5, 5.41) is 6.41. The molecule has 2 rings (SSSR count). The summed E-state index contributed by atoms with van der Waals surface area (Å²) >= 11 is 0. The van der Waals surface area contributed by atoms with Crippen LogP contribution in [0.4, 0.5) is 0 Å².